The number of hydrogen-bond acceptors (Lipinski definition) is 13. The molecular weight excluding hydrogens is 598 g/mol. The first-order chi connectivity index (χ1) is 19.9. The molecule has 0 spiro atoms. The Kier molecular flexibility index (Phi) is 9.09. The van der Waals surface area contributed by atoms with Gasteiger partial charge in [0.25, 0.3) is 11.6 Å². The fraction of sp³-hybridized carbons (Fsp3) is 0.591. The summed E-state index contributed by atoms with van der Waals surface area (Å²) in [7, 11) is 2.78. The normalized spacial score (nSPS) is 23.8. The number of carbonyl (C=O) groups excluding carboxylic acids is 5. The summed E-state index contributed by atoms with van der Waals surface area (Å²) in [4.78, 5) is 79.3. The van der Waals surface area contributed by atoms with Crippen molar-refractivity contribution in [3.05, 3.63) is 11.3 Å². The quantitative estimate of drug-likeness (QED) is 0.0887. The number of aliphatic carboxylic acids is 1. The van der Waals surface area contributed by atoms with Crippen LogP contribution in [0.3, 0.4) is 0 Å². The molecule has 4 atom stereocenters. The first kappa shape index (κ1) is 31.2. The third kappa shape index (κ3) is 5.41. The molecule has 2 saturated heterocycles. The Morgan fingerprint density at radius 2 is 1.95 bits per heavy atom. The van der Waals surface area contributed by atoms with Crippen LogP contribution in [0.2, 0.25) is 0 Å². The zero-order valence-electron chi connectivity index (χ0n) is 23.0. The number of nitrogens with one attached hydrogen (secondary N) is 2. The van der Waals surface area contributed by atoms with Crippen LogP contribution in [0.25, 0.3) is 0 Å². The third-order valence-corrected chi connectivity index (χ3v) is 9.35. The number of hydrogen-bond donors (Lipinski definition) is 4. The van der Waals surface area contributed by atoms with Crippen LogP contribution < -0.4 is 10.6 Å². The van der Waals surface area contributed by atoms with E-state index in [9.17, 15) is 39.0 Å². The van der Waals surface area contributed by atoms with Gasteiger partial charge in [0.1, 0.15) is 17.1 Å². The smallest absolute Gasteiger partial charge is 0.352 e. The average molecular weight is 628 g/mol. The Morgan fingerprint density at radius 1 is 1.24 bits per heavy atom. The van der Waals surface area contributed by atoms with Gasteiger partial charge in [-0.15, -0.1) is 16.9 Å². The van der Waals surface area contributed by atoms with E-state index in [4.69, 9.17) is 4.74 Å². The number of β-lactam (4-membered cyclic amide) rings is 1. The molecule has 2 fully saturated rings. The number of nitrogens with zero attached hydrogens (tertiary/aromatic N) is 7. The molecule has 0 bridgehead atoms. The minimum absolute atomic E-state index is 0.103. The lowest BCUT2D eigenvalue weighted by molar-refractivity contribution is -0.193. The highest BCUT2D eigenvalue weighted by Gasteiger charge is 2.67. The van der Waals surface area contributed by atoms with Gasteiger partial charge in [0.15, 0.2) is 0 Å². The molecule has 20 heteroatoms. The minimum atomic E-state index is -2.01. The molecule has 4 heterocycles. The van der Waals surface area contributed by atoms with Gasteiger partial charge in [-0.05, 0) is 29.8 Å². The number of fused-ring (bicyclic) bond motifs is 1. The predicted octanol–water partition coefficient (Wildman–Crippen LogP) is -2.84. The number of aliphatic hydroxyl groups is 1. The predicted molar refractivity (Wildman–Crippen MR) is 143 cm³/mol. The van der Waals surface area contributed by atoms with Gasteiger partial charge in [0.05, 0.1) is 6.10 Å². The van der Waals surface area contributed by atoms with Crippen molar-refractivity contribution >= 4 is 59.2 Å². The molecule has 4 rings (SSSR count). The Bertz CT molecular complexity index is 1350. The molecule has 18 nitrogen and oxygen atoms in total. The molecule has 3 aliphatic heterocycles. The Hall–Kier alpha value is -3.75. The van der Waals surface area contributed by atoms with Gasteiger partial charge in [-0.1, -0.05) is 11.8 Å². The monoisotopic (exact) mass is 627 g/mol. The highest BCUT2D eigenvalue weighted by molar-refractivity contribution is 8.01. The minimum Gasteiger partial charge on any atom is -0.477 e. The number of aliphatic hydroxyl groups excluding tert-OH is 1. The van der Waals surface area contributed by atoms with Crippen LogP contribution in [0.15, 0.2) is 16.4 Å². The van der Waals surface area contributed by atoms with E-state index in [1.54, 1.807) is 14.0 Å². The second-order valence-electron chi connectivity index (χ2n) is 9.41. The van der Waals surface area contributed by atoms with Crippen molar-refractivity contribution < 1.29 is 43.7 Å². The number of ether oxygens (including phenoxy) is 1. The number of amides is 6. The standard InChI is InChI=1S/C22H29N9O9S2/c1-5-29-6-7-30(16(35)15(29)34)20(39)23-12(10(2)32)14(33)24-22(40-4)18(38)31-13(17(36)37)11(8-41-19(22)31)9-42-21-25-26-27-28(21)3/h10,12,19,32H,5-9H2,1-4H3,(H,23,39)(H,24,33)(H,36,37)/t10?,12?,19?,22-/m0/s1. The summed E-state index contributed by atoms with van der Waals surface area (Å²) in [6.07, 6.45) is -1.50. The maximum Gasteiger partial charge on any atom is 0.352 e. The largest absolute Gasteiger partial charge is 0.477 e. The molecule has 1 aromatic heterocycles. The van der Waals surface area contributed by atoms with E-state index in [2.05, 4.69) is 26.2 Å². The molecular formula is C22H29N9O9S2. The molecule has 6 amide bonds. The van der Waals surface area contributed by atoms with Crippen molar-refractivity contribution in [3.8, 4) is 0 Å². The first-order valence-electron chi connectivity index (χ1n) is 12.6. The van der Waals surface area contributed by atoms with Gasteiger partial charge in [-0.3, -0.25) is 29.0 Å². The SMILES string of the molecule is CCN1CCN(C(=O)NC(C(=O)N[C@]2(OC)C(=O)N3C(C(=O)O)=C(CSc4nnnn4C)CSC32)C(C)O)C(=O)C1=O. The number of aryl methyl sites for hydroxylation is 1. The highest BCUT2D eigenvalue weighted by atomic mass is 32.2. The van der Waals surface area contributed by atoms with Crippen LogP contribution in [-0.4, -0.2) is 142 Å². The van der Waals surface area contributed by atoms with Gasteiger partial charge in [-0.25, -0.2) is 14.3 Å². The fourth-order valence-electron chi connectivity index (χ4n) is 4.60. The van der Waals surface area contributed by atoms with Crippen LogP contribution in [-0.2, 0) is 35.8 Å². The van der Waals surface area contributed by atoms with E-state index in [1.165, 1.54) is 28.3 Å². The van der Waals surface area contributed by atoms with E-state index < -0.39 is 58.9 Å². The molecule has 0 aliphatic carbocycles. The summed E-state index contributed by atoms with van der Waals surface area (Å²) in [5.41, 5.74) is -1.84. The van der Waals surface area contributed by atoms with Crippen molar-refractivity contribution in [1.82, 2.24) is 45.5 Å². The number of aromatic nitrogens is 4. The van der Waals surface area contributed by atoms with Gasteiger partial charge < -0.3 is 30.5 Å². The van der Waals surface area contributed by atoms with E-state index >= 15 is 0 Å². The van der Waals surface area contributed by atoms with E-state index in [0.29, 0.717) is 15.6 Å². The number of likely N-dealkylation sites (N-methyl/N-ethyl adjacent to an activating group) is 1. The number of imide groups is 1. The van der Waals surface area contributed by atoms with Crippen LogP contribution in [0.5, 0.6) is 0 Å². The molecule has 0 saturated carbocycles. The zero-order chi connectivity index (χ0) is 30.9. The number of tetrazole rings is 1. The topological polar surface area (TPSA) is 229 Å². The van der Waals surface area contributed by atoms with Crippen molar-refractivity contribution in [2.24, 2.45) is 7.05 Å². The summed E-state index contributed by atoms with van der Waals surface area (Å²) in [6.45, 7) is 3.15. The second-order valence-corrected chi connectivity index (χ2v) is 11.4. The number of carboxylic acids is 1. The average Bonchev–Trinajstić information content (AvgIpc) is 3.37. The Labute approximate surface area is 247 Å². The van der Waals surface area contributed by atoms with Crippen LogP contribution in [0, 0.1) is 0 Å². The van der Waals surface area contributed by atoms with Crippen LogP contribution in [0.1, 0.15) is 13.8 Å². The Morgan fingerprint density at radius 3 is 2.52 bits per heavy atom. The number of thioether (sulfide) groups is 2. The van der Waals surface area contributed by atoms with Crippen molar-refractivity contribution in [2.45, 2.75) is 42.2 Å². The number of carboxylic acid groups (broad SMARTS) is 1. The molecule has 4 N–H and O–H groups in total. The molecule has 0 radical (unpaired) electrons. The van der Waals surface area contributed by atoms with E-state index in [1.807, 2.05) is 0 Å². The highest BCUT2D eigenvalue weighted by Crippen LogP contribution is 2.47. The third-order valence-electron chi connectivity index (χ3n) is 6.88. The molecule has 228 valence electrons. The Balaban J connectivity index is 1.49. The molecule has 0 aromatic carbocycles. The lowest BCUT2D eigenvalue weighted by Crippen LogP contribution is -2.81. The summed E-state index contributed by atoms with van der Waals surface area (Å²) >= 11 is 2.33. The molecule has 1 aromatic rings. The number of methoxy groups -OCH3 is 1. The van der Waals surface area contributed by atoms with Crippen LogP contribution in [0.4, 0.5) is 4.79 Å². The number of urea groups is 1. The second kappa shape index (κ2) is 12.2. The van der Waals surface area contributed by atoms with E-state index in [-0.39, 0.29) is 36.8 Å². The van der Waals surface area contributed by atoms with E-state index in [0.717, 1.165) is 23.8 Å². The summed E-state index contributed by atoms with van der Waals surface area (Å²) in [6, 6.07) is -2.74. The lowest BCUT2D eigenvalue weighted by atomic mass is 9.97. The van der Waals surface area contributed by atoms with Crippen molar-refractivity contribution in [3.63, 3.8) is 0 Å². The summed E-state index contributed by atoms with van der Waals surface area (Å²) in [5, 5.41) is 35.5. The van der Waals surface area contributed by atoms with Gasteiger partial charge in [-0.2, -0.15) is 0 Å². The van der Waals surface area contributed by atoms with Crippen molar-refractivity contribution in [2.75, 3.05) is 38.2 Å². The number of carbonyl (C=O) groups is 6. The molecule has 3 unspecified atom stereocenters. The van der Waals surface area contributed by atoms with Gasteiger partial charge >= 0.3 is 23.8 Å². The maximum atomic E-state index is 13.4. The maximum absolute atomic E-state index is 13.4. The molecule has 42 heavy (non-hydrogen) atoms. The zero-order valence-corrected chi connectivity index (χ0v) is 24.6. The molecule has 3 aliphatic rings. The van der Waals surface area contributed by atoms with Crippen molar-refractivity contribution in [1.29, 1.82) is 0 Å². The van der Waals surface area contributed by atoms with Gasteiger partial charge in [0.2, 0.25) is 11.1 Å². The summed E-state index contributed by atoms with van der Waals surface area (Å²) < 4.78 is 6.84. The first-order valence-corrected chi connectivity index (χ1v) is 14.6. The number of piperazine rings is 1. The van der Waals surface area contributed by atoms with Gasteiger partial charge in [0, 0.05) is 45.3 Å². The lowest BCUT2D eigenvalue weighted by Gasteiger charge is -2.56. The fourth-order valence-corrected chi connectivity index (χ4v) is 7.02. The van der Waals surface area contributed by atoms with Crippen LogP contribution >= 0.6 is 23.5 Å². The number of rotatable bonds is 10. The summed E-state index contributed by atoms with van der Waals surface area (Å²) in [5.74, 6) is -4.87.